The second-order valence-corrected chi connectivity index (χ2v) is 11.9. The molecule has 1 aromatic heterocycles. The lowest BCUT2D eigenvalue weighted by atomic mass is 9.96. The Morgan fingerprint density at radius 3 is 2.25 bits per heavy atom. The summed E-state index contributed by atoms with van der Waals surface area (Å²) in [7, 11) is 3.99. The van der Waals surface area contributed by atoms with Gasteiger partial charge in [-0.3, -0.25) is 14.4 Å². The van der Waals surface area contributed by atoms with Gasteiger partial charge in [0.1, 0.15) is 12.7 Å². The van der Waals surface area contributed by atoms with Crippen LogP contribution >= 0.6 is 12.4 Å². The molecular weight excluding hydrogens is 640 g/mol. The van der Waals surface area contributed by atoms with Crippen LogP contribution in [0, 0.1) is 0 Å². The highest BCUT2D eigenvalue weighted by Crippen LogP contribution is 2.43. The van der Waals surface area contributed by atoms with Crippen molar-refractivity contribution in [2.75, 3.05) is 43.9 Å². The quantitative estimate of drug-likeness (QED) is 0.269. The largest absolute Gasteiger partial charge is 0.339 e. The lowest BCUT2D eigenvalue weighted by Crippen LogP contribution is -2.44. The molecule has 6 rings (SSSR count). The molecule has 1 N–H and O–H groups in total. The van der Waals surface area contributed by atoms with Crippen LogP contribution in [0.25, 0.3) is 11.3 Å². The predicted molar refractivity (Wildman–Crippen MR) is 182 cm³/mol. The van der Waals surface area contributed by atoms with Crippen LogP contribution in [0.2, 0.25) is 0 Å². The fourth-order valence-electron chi connectivity index (χ4n) is 6.10. The van der Waals surface area contributed by atoms with Crippen molar-refractivity contribution >= 4 is 47.1 Å². The number of para-hydroxylation sites is 2. The van der Waals surface area contributed by atoms with Gasteiger partial charge in [0, 0.05) is 60.6 Å². The summed E-state index contributed by atoms with van der Waals surface area (Å²) in [4.78, 5) is 49.2. The number of allylic oxidation sites excluding steroid dienone is 1. The van der Waals surface area contributed by atoms with Crippen molar-refractivity contribution in [1.82, 2.24) is 24.6 Å². The number of hydrogen-bond donors (Lipinski definition) is 1. The third kappa shape index (κ3) is 7.14. The SMILES string of the molecule is CN(C)C1CCN(C(=O)C=C2c3ccccc3N(C(=O)c3ccc(NC(=O)c4ccccc4-n4cncn4)cc3)CCC2(F)F)CC1.Cl. The number of hydrogen-bond acceptors (Lipinski definition) is 6. The number of nitrogens with zero attached hydrogens (tertiary/aromatic N) is 6. The maximum absolute atomic E-state index is 15.7. The van der Waals surface area contributed by atoms with E-state index < -0.39 is 24.2 Å². The molecular formula is C35H36ClF2N7O3. The van der Waals surface area contributed by atoms with Gasteiger partial charge < -0.3 is 20.0 Å². The number of amides is 3. The zero-order valence-electron chi connectivity index (χ0n) is 26.6. The molecule has 48 heavy (non-hydrogen) atoms. The van der Waals surface area contributed by atoms with Gasteiger partial charge in [0.25, 0.3) is 17.7 Å². The van der Waals surface area contributed by atoms with Crippen LogP contribution in [0.4, 0.5) is 20.2 Å². The number of fused-ring (bicyclic) bond motifs is 1. The summed E-state index contributed by atoms with van der Waals surface area (Å²) in [5.41, 5.74) is 1.71. The highest BCUT2D eigenvalue weighted by Gasteiger charge is 2.42. The molecule has 0 bridgehead atoms. The van der Waals surface area contributed by atoms with Crippen molar-refractivity contribution in [3.8, 4) is 5.69 Å². The van der Waals surface area contributed by atoms with Gasteiger partial charge in [-0.25, -0.2) is 18.4 Å². The average Bonchev–Trinajstić information content (AvgIpc) is 3.59. The number of piperidine rings is 1. The van der Waals surface area contributed by atoms with Gasteiger partial charge in [0.15, 0.2) is 0 Å². The van der Waals surface area contributed by atoms with Crippen LogP contribution in [-0.4, -0.2) is 88.0 Å². The van der Waals surface area contributed by atoms with E-state index >= 15 is 8.78 Å². The molecule has 1 saturated heterocycles. The Morgan fingerprint density at radius 1 is 0.917 bits per heavy atom. The summed E-state index contributed by atoms with van der Waals surface area (Å²) >= 11 is 0. The van der Waals surface area contributed by atoms with Gasteiger partial charge in [-0.2, -0.15) is 5.10 Å². The summed E-state index contributed by atoms with van der Waals surface area (Å²) in [6.45, 7) is 0.738. The smallest absolute Gasteiger partial charge is 0.275 e. The number of likely N-dealkylation sites (tertiary alicyclic amines) is 1. The van der Waals surface area contributed by atoms with Crippen LogP contribution < -0.4 is 10.2 Å². The number of benzene rings is 3. The molecule has 0 atom stereocenters. The Morgan fingerprint density at radius 2 is 1.58 bits per heavy atom. The first-order valence-corrected chi connectivity index (χ1v) is 15.4. The van der Waals surface area contributed by atoms with E-state index in [0.717, 1.165) is 18.9 Å². The summed E-state index contributed by atoms with van der Waals surface area (Å²) in [6.07, 6.45) is 4.83. The van der Waals surface area contributed by atoms with Crippen molar-refractivity contribution in [2.45, 2.75) is 31.2 Å². The number of carbonyl (C=O) groups excluding carboxylic acids is 3. The van der Waals surface area contributed by atoms with Gasteiger partial charge in [-0.1, -0.05) is 30.3 Å². The zero-order chi connectivity index (χ0) is 33.1. The molecule has 0 spiro atoms. The summed E-state index contributed by atoms with van der Waals surface area (Å²) in [6, 6.07) is 20.0. The number of anilines is 2. The van der Waals surface area contributed by atoms with Crippen molar-refractivity contribution < 1.29 is 23.2 Å². The van der Waals surface area contributed by atoms with Gasteiger partial charge in [0.2, 0.25) is 5.91 Å². The Kier molecular flexibility index (Phi) is 10.4. The molecule has 3 heterocycles. The third-order valence-corrected chi connectivity index (χ3v) is 8.75. The van der Waals surface area contributed by atoms with Crippen LogP contribution in [0.15, 0.2) is 91.5 Å². The monoisotopic (exact) mass is 675 g/mol. The molecule has 0 unspecified atom stereocenters. The lowest BCUT2D eigenvalue weighted by Gasteiger charge is -2.35. The molecule has 3 amide bonds. The Labute approximate surface area is 283 Å². The Balaban J connectivity index is 0.00000451. The van der Waals surface area contributed by atoms with Gasteiger partial charge in [-0.15, -0.1) is 12.4 Å². The summed E-state index contributed by atoms with van der Waals surface area (Å²) in [5.74, 6) is -4.64. The van der Waals surface area contributed by atoms with E-state index in [4.69, 9.17) is 0 Å². The normalized spacial score (nSPS) is 17.0. The lowest BCUT2D eigenvalue weighted by molar-refractivity contribution is -0.127. The van der Waals surface area contributed by atoms with E-state index in [1.807, 2.05) is 14.1 Å². The maximum atomic E-state index is 15.7. The van der Waals surface area contributed by atoms with Crippen molar-refractivity contribution in [3.63, 3.8) is 0 Å². The van der Waals surface area contributed by atoms with E-state index in [2.05, 4.69) is 20.3 Å². The number of aromatic nitrogens is 3. The number of halogens is 3. The molecule has 0 radical (unpaired) electrons. The highest BCUT2D eigenvalue weighted by atomic mass is 35.5. The maximum Gasteiger partial charge on any atom is 0.275 e. The number of rotatable bonds is 6. The fourth-order valence-corrected chi connectivity index (χ4v) is 6.10. The first-order valence-electron chi connectivity index (χ1n) is 15.4. The molecule has 13 heteroatoms. The van der Waals surface area contributed by atoms with Gasteiger partial charge >= 0.3 is 0 Å². The zero-order valence-corrected chi connectivity index (χ0v) is 27.4. The fraction of sp³-hybridized carbons (Fsp3) is 0.286. The van der Waals surface area contributed by atoms with Crippen molar-refractivity contribution in [1.29, 1.82) is 0 Å². The predicted octanol–water partition coefficient (Wildman–Crippen LogP) is 5.56. The van der Waals surface area contributed by atoms with E-state index in [0.29, 0.717) is 41.8 Å². The van der Waals surface area contributed by atoms with E-state index in [-0.39, 0.29) is 41.6 Å². The number of alkyl halides is 2. The first kappa shape index (κ1) is 34.4. The number of nitrogens with one attached hydrogen (secondary N) is 1. The van der Waals surface area contributed by atoms with Crippen LogP contribution in [-0.2, 0) is 4.79 Å². The standard InChI is InChI=1S/C35H35F2N7O3.ClH/c1-41(2)26-15-18-42(19-16-26)32(45)21-29-27-7-3-5-9-30(27)43(20-17-35(29,36)37)34(47)24-11-13-25(14-12-24)40-33(46)28-8-4-6-10-31(28)44-23-38-22-39-44;/h3-14,21-23,26H,15-20H2,1-2H3,(H,40,46);1H. The van der Waals surface area contributed by atoms with Crippen LogP contribution in [0.1, 0.15) is 45.5 Å². The van der Waals surface area contributed by atoms with E-state index in [1.54, 1.807) is 71.6 Å². The minimum absolute atomic E-state index is 0. The Hall–Kier alpha value is -4.94. The van der Waals surface area contributed by atoms with Crippen molar-refractivity contribution in [2.24, 2.45) is 0 Å². The van der Waals surface area contributed by atoms with Gasteiger partial charge in [-0.05, 0) is 69.4 Å². The van der Waals surface area contributed by atoms with E-state index in [1.165, 1.54) is 28.3 Å². The topological polar surface area (TPSA) is 104 Å². The first-order chi connectivity index (χ1) is 22.6. The summed E-state index contributed by atoms with van der Waals surface area (Å²) in [5, 5.41) is 6.94. The molecule has 4 aromatic rings. The van der Waals surface area contributed by atoms with Crippen LogP contribution in [0.3, 0.4) is 0 Å². The molecule has 250 valence electrons. The highest BCUT2D eigenvalue weighted by molar-refractivity contribution is 6.10. The second kappa shape index (κ2) is 14.4. The minimum Gasteiger partial charge on any atom is -0.339 e. The molecule has 1 fully saturated rings. The molecule has 0 saturated carbocycles. The summed E-state index contributed by atoms with van der Waals surface area (Å²) < 4.78 is 33.0. The molecule has 2 aliphatic heterocycles. The Bertz CT molecular complexity index is 1800. The average molecular weight is 676 g/mol. The van der Waals surface area contributed by atoms with Crippen molar-refractivity contribution in [3.05, 3.63) is 108 Å². The molecule has 3 aromatic carbocycles. The molecule has 2 aliphatic rings. The molecule has 10 nitrogen and oxygen atoms in total. The minimum atomic E-state index is -3.33. The second-order valence-electron chi connectivity index (χ2n) is 11.9. The molecule has 0 aliphatic carbocycles. The third-order valence-electron chi connectivity index (χ3n) is 8.75. The van der Waals surface area contributed by atoms with Crippen LogP contribution in [0.5, 0.6) is 0 Å². The van der Waals surface area contributed by atoms with Gasteiger partial charge in [0.05, 0.1) is 16.9 Å². The van der Waals surface area contributed by atoms with E-state index in [9.17, 15) is 14.4 Å². The number of carbonyl (C=O) groups is 3.